The minimum Gasteiger partial charge on any atom is -0.496 e. The number of anilines is 1. The van der Waals surface area contributed by atoms with Gasteiger partial charge < -0.3 is 19.9 Å². The maximum atomic E-state index is 11.8. The molecule has 1 aromatic carbocycles. The van der Waals surface area contributed by atoms with Crippen molar-refractivity contribution in [3.05, 3.63) is 22.7 Å². The van der Waals surface area contributed by atoms with E-state index < -0.39 is 5.97 Å². The summed E-state index contributed by atoms with van der Waals surface area (Å²) in [6.07, 6.45) is 0.827. The highest BCUT2D eigenvalue weighted by Gasteiger charge is 2.16. The van der Waals surface area contributed by atoms with Crippen LogP contribution in [0.5, 0.6) is 5.75 Å². The number of carbonyl (C=O) groups is 2. The van der Waals surface area contributed by atoms with Gasteiger partial charge in [0.15, 0.2) is 0 Å². The first-order valence-corrected chi connectivity index (χ1v) is 6.70. The van der Waals surface area contributed by atoms with Gasteiger partial charge in [-0.3, -0.25) is 4.79 Å². The Hall–Kier alpha value is -1.79. The van der Waals surface area contributed by atoms with Gasteiger partial charge in [0.2, 0.25) is 5.91 Å². The number of carboxylic acids is 1. The molecule has 0 heterocycles. The van der Waals surface area contributed by atoms with E-state index in [1.807, 2.05) is 6.92 Å². The molecule has 116 valence electrons. The molecule has 2 N–H and O–H groups in total. The van der Waals surface area contributed by atoms with Gasteiger partial charge in [0.1, 0.15) is 11.3 Å². The van der Waals surface area contributed by atoms with Gasteiger partial charge in [0.25, 0.3) is 0 Å². The highest BCUT2D eigenvalue weighted by Crippen LogP contribution is 2.31. The number of methoxy groups -OCH3 is 2. The summed E-state index contributed by atoms with van der Waals surface area (Å²) in [6, 6.07) is 2.64. The van der Waals surface area contributed by atoms with Crippen LogP contribution in [0.4, 0.5) is 5.69 Å². The SMILES string of the molecule is COc1cc(NC(=O)CCC(C)OC)c(Cl)cc1C(=O)O. The normalized spacial score (nSPS) is 11.8. The Kier molecular flexibility index (Phi) is 6.45. The lowest BCUT2D eigenvalue weighted by molar-refractivity contribution is -0.116. The van der Waals surface area contributed by atoms with Crippen molar-refractivity contribution in [2.45, 2.75) is 25.9 Å². The number of hydrogen-bond donors (Lipinski definition) is 2. The summed E-state index contributed by atoms with van der Waals surface area (Å²) in [7, 11) is 2.93. The van der Waals surface area contributed by atoms with E-state index in [1.54, 1.807) is 7.11 Å². The lowest BCUT2D eigenvalue weighted by atomic mass is 10.1. The number of rotatable bonds is 7. The van der Waals surface area contributed by atoms with Crippen LogP contribution in [0.2, 0.25) is 5.02 Å². The molecule has 1 rings (SSSR count). The predicted molar refractivity (Wildman–Crippen MR) is 79.3 cm³/mol. The van der Waals surface area contributed by atoms with Crippen LogP contribution in [-0.2, 0) is 9.53 Å². The van der Waals surface area contributed by atoms with Crippen LogP contribution >= 0.6 is 11.6 Å². The third-order valence-corrected chi connectivity index (χ3v) is 3.29. The molecular formula is C14H18ClNO5. The smallest absolute Gasteiger partial charge is 0.339 e. The Balaban J connectivity index is 2.84. The van der Waals surface area contributed by atoms with Crippen molar-refractivity contribution in [1.82, 2.24) is 0 Å². The predicted octanol–water partition coefficient (Wildman–Crippen LogP) is 2.80. The van der Waals surface area contributed by atoms with E-state index in [4.69, 9.17) is 26.2 Å². The van der Waals surface area contributed by atoms with E-state index in [-0.39, 0.29) is 34.8 Å². The highest BCUT2D eigenvalue weighted by atomic mass is 35.5. The van der Waals surface area contributed by atoms with E-state index >= 15 is 0 Å². The van der Waals surface area contributed by atoms with Crippen molar-refractivity contribution in [2.75, 3.05) is 19.5 Å². The van der Waals surface area contributed by atoms with Crippen LogP contribution in [0.25, 0.3) is 0 Å². The number of carboxylic acid groups (broad SMARTS) is 1. The third kappa shape index (κ3) is 4.91. The number of halogens is 1. The van der Waals surface area contributed by atoms with Crippen molar-refractivity contribution >= 4 is 29.2 Å². The molecule has 0 aliphatic rings. The number of benzene rings is 1. The van der Waals surface area contributed by atoms with Gasteiger partial charge in [0, 0.05) is 19.6 Å². The second-order valence-corrected chi connectivity index (χ2v) is 4.88. The number of nitrogens with one attached hydrogen (secondary N) is 1. The van der Waals surface area contributed by atoms with E-state index in [0.717, 1.165) is 0 Å². The van der Waals surface area contributed by atoms with E-state index in [2.05, 4.69) is 5.32 Å². The fraction of sp³-hybridized carbons (Fsp3) is 0.429. The third-order valence-electron chi connectivity index (χ3n) is 2.97. The molecule has 0 radical (unpaired) electrons. The Morgan fingerprint density at radius 2 is 2.05 bits per heavy atom. The fourth-order valence-electron chi connectivity index (χ4n) is 1.65. The van der Waals surface area contributed by atoms with Crippen molar-refractivity contribution in [1.29, 1.82) is 0 Å². The number of amides is 1. The lowest BCUT2D eigenvalue weighted by Gasteiger charge is -2.12. The Labute approximate surface area is 128 Å². The molecule has 0 saturated carbocycles. The van der Waals surface area contributed by atoms with E-state index in [0.29, 0.717) is 12.1 Å². The Bertz CT molecular complexity index is 532. The molecule has 7 heteroatoms. The molecule has 1 unspecified atom stereocenters. The monoisotopic (exact) mass is 315 g/mol. The highest BCUT2D eigenvalue weighted by molar-refractivity contribution is 6.34. The van der Waals surface area contributed by atoms with Crippen LogP contribution < -0.4 is 10.1 Å². The van der Waals surface area contributed by atoms with Crippen molar-refractivity contribution in [3.63, 3.8) is 0 Å². The topological polar surface area (TPSA) is 84.9 Å². The quantitative estimate of drug-likeness (QED) is 0.808. The Morgan fingerprint density at radius 1 is 1.38 bits per heavy atom. The Morgan fingerprint density at radius 3 is 2.57 bits per heavy atom. The largest absolute Gasteiger partial charge is 0.496 e. The molecule has 0 fully saturated rings. The minimum absolute atomic E-state index is 0.0184. The zero-order chi connectivity index (χ0) is 16.0. The van der Waals surface area contributed by atoms with Crippen molar-refractivity contribution < 1.29 is 24.2 Å². The van der Waals surface area contributed by atoms with Gasteiger partial charge in [-0.25, -0.2) is 4.79 Å². The molecule has 0 spiro atoms. The molecule has 1 atom stereocenters. The fourth-order valence-corrected chi connectivity index (χ4v) is 1.86. The molecular weight excluding hydrogens is 298 g/mol. The summed E-state index contributed by atoms with van der Waals surface area (Å²) in [5.74, 6) is -1.25. The summed E-state index contributed by atoms with van der Waals surface area (Å²) < 4.78 is 10.1. The summed E-state index contributed by atoms with van der Waals surface area (Å²) in [4.78, 5) is 22.9. The van der Waals surface area contributed by atoms with Gasteiger partial charge >= 0.3 is 5.97 Å². The van der Waals surface area contributed by atoms with Crippen molar-refractivity contribution in [2.24, 2.45) is 0 Å². The summed E-state index contributed by atoms with van der Waals surface area (Å²) >= 11 is 5.98. The summed E-state index contributed by atoms with van der Waals surface area (Å²) in [5.41, 5.74) is 0.252. The van der Waals surface area contributed by atoms with Crippen LogP contribution in [0.15, 0.2) is 12.1 Å². The van der Waals surface area contributed by atoms with E-state index in [1.165, 1.54) is 19.2 Å². The van der Waals surface area contributed by atoms with Gasteiger partial charge in [-0.15, -0.1) is 0 Å². The van der Waals surface area contributed by atoms with Gasteiger partial charge in [-0.1, -0.05) is 11.6 Å². The maximum Gasteiger partial charge on any atom is 0.339 e. The molecule has 0 aliphatic heterocycles. The summed E-state index contributed by atoms with van der Waals surface area (Å²) in [5, 5.41) is 11.8. The molecule has 0 aromatic heterocycles. The summed E-state index contributed by atoms with van der Waals surface area (Å²) in [6.45, 7) is 1.87. The van der Waals surface area contributed by atoms with Crippen LogP contribution in [0.1, 0.15) is 30.1 Å². The van der Waals surface area contributed by atoms with Crippen molar-refractivity contribution in [3.8, 4) is 5.75 Å². The molecule has 0 saturated heterocycles. The number of ether oxygens (including phenoxy) is 2. The molecule has 21 heavy (non-hydrogen) atoms. The van der Waals surface area contributed by atoms with Gasteiger partial charge in [-0.2, -0.15) is 0 Å². The first kappa shape index (κ1) is 17.3. The number of carbonyl (C=O) groups excluding carboxylic acids is 1. The maximum absolute atomic E-state index is 11.8. The zero-order valence-electron chi connectivity index (χ0n) is 12.1. The van der Waals surface area contributed by atoms with Crippen LogP contribution in [-0.4, -0.2) is 37.3 Å². The van der Waals surface area contributed by atoms with Gasteiger partial charge in [-0.05, 0) is 19.4 Å². The first-order chi connectivity index (χ1) is 9.88. The molecule has 1 amide bonds. The van der Waals surface area contributed by atoms with Gasteiger partial charge in [0.05, 0.1) is 23.9 Å². The second-order valence-electron chi connectivity index (χ2n) is 4.47. The molecule has 0 aliphatic carbocycles. The zero-order valence-corrected chi connectivity index (χ0v) is 12.9. The van der Waals surface area contributed by atoms with Crippen LogP contribution in [0.3, 0.4) is 0 Å². The molecule has 6 nitrogen and oxygen atoms in total. The average molecular weight is 316 g/mol. The number of hydrogen-bond acceptors (Lipinski definition) is 4. The second kappa shape index (κ2) is 7.85. The first-order valence-electron chi connectivity index (χ1n) is 6.32. The minimum atomic E-state index is -1.15. The average Bonchev–Trinajstić information content (AvgIpc) is 2.46. The molecule has 0 bridgehead atoms. The lowest BCUT2D eigenvalue weighted by Crippen LogP contribution is -2.15. The van der Waals surface area contributed by atoms with Crippen LogP contribution in [0, 0.1) is 0 Å². The molecule has 1 aromatic rings. The number of aromatic carboxylic acids is 1. The van der Waals surface area contributed by atoms with E-state index in [9.17, 15) is 9.59 Å². The standard InChI is InChI=1S/C14H18ClNO5/c1-8(20-2)4-5-13(17)16-11-7-12(21-3)9(14(18)19)6-10(11)15/h6-8H,4-5H2,1-3H3,(H,16,17)(H,18,19).